The van der Waals surface area contributed by atoms with E-state index in [1.807, 2.05) is 0 Å². The van der Waals surface area contributed by atoms with Gasteiger partial charge >= 0.3 is 6.18 Å². The Morgan fingerprint density at radius 1 is 1.03 bits per heavy atom. The molecule has 9 heteroatoms. The molecule has 0 saturated carbocycles. The Kier molecular flexibility index (Phi) is 6.48. The summed E-state index contributed by atoms with van der Waals surface area (Å²) >= 11 is 7.39. The summed E-state index contributed by atoms with van der Waals surface area (Å²) in [6.45, 7) is 1.66. The number of nitrogens with one attached hydrogen (secondary N) is 2. The lowest BCUT2D eigenvalue weighted by molar-refractivity contribution is -0.137. The molecule has 4 nitrogen and oxygen atoms in total. The lowest BCUT2D eigenvalue weighted by Gasteiger charge is -2.16. The quantitative estimate of drug-likeness (QED) is 0.486. The van der Waals surface area contributed by atoms with Gasteiger partial charge < -0.3 is 10.6 Å². The summed E-state index contributed by atoms with van der Waals surface area (Å²) in [5.41, 5.74) is 0.301. The summed E-state index contributed by atoms with van der Waals surface area (Å²) in [6.07, 6.45) is -4.42. The highest BCUT2D eigenvalue weighted by molar-refractivity contribution is 7.12. The van der Waals surface area contributed by atoms with Crippen molar-refractivity contribution in [2.75, 3.05) is 5.32 Å². The van der Waals surface area contributed by atoms with Crippen LogP contribution in [0.25, 0.3) is 0 Å². The maximum Gasteiger partial charge on any atom is 0.416 e. The zero-order valence-corrected chi connectivity index (χ0v) is 17.2. The van der Waals surface area contributed by atoms with Gasteiger partial charge in [0.15, 0.2) is 0 Å². The van der Waals surface area contributed by atoms with E-state index in [2.05, 4.69) is 10.6 Å². The summed E-state index contributed by atoms with van der Waals surface area (Å²) < 4.78 is 38.1. The van der Waals surface area contributed by atoms with E-state index in [1.165, 1.54) is 41.7 Å². The molecule has 0 saturated heterocycles. The maximum atomic E-state index is 12.7. The fourth-order valence-electron chi connectivity index (χ4n) is 2.68. The van der Waals surface area contributed by atoms with Crippen molar-refractivity contribution >= 4 is 40.4 Å². The molecule has 3 aromatic rings. The van der Waals surface area contributed by atoms with Crippen LogP contribution in [0.15, 0.2) is 60.0 Å². The van der Waals surface area contributed by atoms with Crippen LogP contribution in [0, 0.1) is 0 Å². The van der Waals surface area contributed by atoms with Gasteiger partial charge in [0.1, 0.15) is 0 Å². The van der Waals surface area contributed by atoms with Gasteiger partial charge in [0.25, 0.3) is 11.8 Å². The van der Waals surface area contributed by atoms with E-state index in [4.69, 9.17) is 11.6 Å². The highest BCUT2D eigenvalue weighted by Gasteiger charge is 2.30. The molecule has 0 aliphatic heterocycles. The number of hydrogen-bond donors (Lipinski definition) is 2. The van der Waals surface area contributed by atoms with E-state index in [0.29, 0.717) is 10.4 Å². The second-order valence-corrected chi connectivity index (χ2v) is 7.80. The number of thiophene rings is 1. The normalized spacial score (nSPS) is 12.3. The number of rotatable bonds is 5. The molecular weight excluding hydrogens is 437 g/mol. The van der Waals surface area contributed by atoms with Crippen molar-refractivity contribution in [3.63, 3.8) is 0 Å². The number of halogens is 4. The van der Waals surface area contributed by atoms with Crippen molar-refractivity contribution in [2.45, 2.75) is 19.1 Å². The van der Waals surface area contributed by atoms with E-state index in [9.17, 15) is 22.8 Å². The topological polar surface area (TPSA) is 58.2 Å². The third-order valence-electron chi connectivity index (χ3n) is 4.31. The van der Waals surface area contributed by atoms with Gasteiger partial charge in [-0.1, -0.05) is 29.8 Å². The van der Waals surface area contributed by atoms with Gasteiger partial charge in [-0.25, -0.2) is 0 Å². The average Bonchev–Trinajstić information content (AvgIpc) is 3.24. The molecular formula is C21H16ClF3N2O2S. The SMILES string of the molecule is CC(NC(=O)c1ccc(Cl)c(NC(=O)c2cccs2)c1)c1ccc(C(F)(F)F)cc1. The first-order valence-corrected chi connectivity index (χ1v) is 10.0. The first-order valence-electron chi connectivity index (χ1n) is 8.77. The van der Waals surface area contributed by atoms with Crippen molar-refractivity contribution in [2.24, 2.45) is 0 Å². The van der Waals surface area contributed by atoms with Crippen molar-refractivity contribution in [1.29, 1.82) is 0 Å². The van der Waals surface area contributed by atoms with Gasteiger partial charge in [0.05, 0.1) is 27.2 Å². The fourth-order valence-corrected chi connectivity index (χ4v) is 3.46. The van der Waals surface area contributed by atoms with Gasteiger partial charge in [-0.15, -0.1) is 11.3 Å². The van der Waals surface area contributed by atoms with Crippen LogP contribution in [0.1, 0.15) is 44.1 Å². The van der Waals surface area contributed by atoms with Gasteiger partial charge in [-0.3, -0.25) is 9.59 Å². The predicted octanol–water partition coefficient (Wildman–Crippen LogP) is 6.16. The predicted molar refractivity (Wildman–Crippen MR) is 111 cm³/mol. The Labute approximate surface area is 179 Å². The highest BCUT2D eigenvalue weighted by atomic mass is 35.5. The Morgan fingerprint density at radius 3 is 2.33 bits per heavy atom. The number of amides is 2. The molecule has 1 aromatic heterocycles. The van der Waals surface area contributed by atoms with E-state index in [1.54, 1.807) is 24.4 Å². The van der Waals surface area contributed by atoms with Gasteiger partial charge in [0.2, 0.25) is 0 Å². The molecule has 2 aromatic carbocycles. The second kappa shape index (κ2) is 8.89. The van der Waals surface area contributed by atoms with Crippen LogP contribution in [0.3, 0.4) is 0 Å². The molecule has 0 aliphatic carbocycles. The minimum absolute atomic E-state index is 0.250. The number of anilines is 1. The summed E-state index contributed by atoms with van der Waals surface area (Å²) in [5, 5.41) is 7.43. The standard InChI is InChI=1S/C21H16ClF3N2O2S/c1-12(13-4-7-15(8-5-13)21(23,24)25)26-19(28)14-6-9-16(22)17(11-14)27-20(29)18-3-2-10-30-18/h2-12H,1H3,(H,26,28)(H,27,29). The van der Waals surface area contributed by atoms with Crippen LogP contribution in [0.5, 0.6) is 0 Å². The molecule has 0 fully saturated rings. The van der Waals surface area contributed by atoms with E-state index >= 15 is 0 Å². The number of benzene rings is 2. The second-order valence-electron chi connectivity index (χ2n) is 6.44. The van der Waals surface area contributed by atoms with Gasteiger partial charge in [-0.2, -0.15) is 13.2 Å². The zero-order chi connectivity index (χ0) is 21.9. The van der Waals surface area contributed by atoms with Crippen molar-refractivity contribution in [1.82, 2.24) is 5.32 Å². The third kappa shape index (κ3) is 5.20. The van der Waals surface area contributed by atoms with Gasteiger partial charge in [0, 0.05) is 5.56 Å². The van der Waals surface area contributed by atoms with Crippen molar-refractivity contribution in [3.8, 4) is 0 Å². The number of carbonyl (C=O) groups excluding carboxylic acids is 2. The Morgan fingerprint density at radius 2 is 1.73 bits per heavy atom. The van der Waals surface area contributed by atoms with E-state index in [-0.39, 0.29) is 22.2 Å². The lowest BCUT2D eigenvalue weighted by atomic mass is 10.1. The van der Waals surface area contributed by atoms with Crippen molar-refractivity contribution in [3.05, 3.63) is 86.6 Å². The molecule has 0 radical (unpaired) electrons. The molecule has 1 heterocycles. The molecule has 30 heavy (non-hydrogen) atoms. The number of alkyl halides is 3. The monoisotopic (exact) mass is 452 g/mol. The van der Waals surface area contributed by atoms with E-state index < -0.39 is 23.7 Å². The zero-order valence-electron chi connectivity index (χ0n) is 15.6. The molecule has 0 spiro atoms. The van der Waals surface area contributed by atoms with Gasteiger partial charge in [-0.05, 0) is 54.3 Å². The van der Waals surface area contributed by atoms with E-state index in [0.717, 1.165) is 12.1 Å². The minimum atomic E-state index is -4.42. The molecule has 1 atom stereocenters. The smallest absolute Gasteiger partial charge is 0.346 e. The first kappa shape index (κ1) is 21.9. The van der Waals surface area contributed by atoms with Crippen LogP contribution in [0.2, 0.25) is 5.02 Å². The summed E-state index contributed by atoms with van der Waals surface area (Å²) in [6, 6.07) is 11.9. The maximum absolute atomic E-state index is 12.7. The van der Waals surface area contributed by atoms with Crippen LogP contribution < -0.4 is 10.6 Å². The lowest BCUT2D eigenvalue weighted by Crippen LogP contribution is -2.26. The molecule has 2 amide bonds. The summed E-state index contributed by atoms with van der Waals surface area (Å²) in [5.74, 6) is -0.798. The molecule has 0 aliphatic rings. The molecule has 0 bridgehead atoms. The van der Waals surface area contributed by atoms with Crippen LogP contribution in [-0.4, -0.2) is 11.8 Å². The first-order chi connectivity index (χ1) is 14.1. The fraction of sp³-hybridized carbons (Fsp3) is 0.143. The summed E-state index contributed by atoms with van der Waals surface area (Å²) in [7, 11) is 0. The molecule has 156 valence electrons. The minimum Gasteiger partial charge on any atom is -0.346 e. The third-order valence-corrected chi connectivity index (χ3v) is 5.51. The van der Waals surface area contributed by atoms with Crippen LogP contribution >= 0.6 is 22.9 Å². The number of carbonyl (C=O) groups is 2. The highest BCUT2D eigenvalue weighted by Crippen LogP contribution is 2.30. The summed E-state index contributed by atoms with van der Waals surface area (Å²) in [4.78, 5) is 25.3. The number of hydrogen-bond acceptors (Lipinski definition) is 3. The molecule has 1 unspecified atom stereocenters. The average molecular weight is 453 g/mol. The van der Waals surface area contributed by atoms with Crippen LogP contribution in [-0.2, 0) is 6.18 Å². The largest absolute Gasteiger partial charge is 0.416 e. The van der Waals surface area contributed by atoms with Crippen molar-refractivity contribution < 1.29 is 22.8 Å². The van der Waals surface area contributed by atoms with Crippen LogP contribution in [0.4, 0.5) is 18.9 Å². The Bertz CT molecular complexity index is 1050. The molecule has 3 rings (SSSR count). The molecule has 2 N–H and O–H groups in total. The Hall–Kier alpha value is -2.84. The Balaban J connectivity index is 1.71.